The molecule has 2 rings (SSSR count). The molecule has 0 saturated heterocycles. The van der Waals surface area contributed by atoms with Crippen molar-refractivity contribution in [2.24, 2.45) is 0 Å². The molecule has 8 heteroatoms. The smallest absolute Gasteiger partial charge is 0.286 e. The summed E-state index contributed by atoms with van der Waals surface area (Å²) in [6, 6.07) is 4.51. The van der Waals surface area contributed by atoms with Crippen molar-refractivity contribution in [1.82, 2.24) is 0 Å². The lowest BCUT2D eigenvalue weighted by Gasteiger charge is -2.32. The number of allylic oxidation sites excluding steroid dienone is 9. The molecule has 0 radical (unpaired) electrons. The van der Waals surface area contributed by atoms with Gasteiger partial charge in [0, 0.05) is 5.41 Å². The van der Waals surface area contributed by atoms with E-state index in [1.54, 1.807) is 6.07 Å². The predicted octanol–water partition coefficient (Wildman–Crippen LogP) is 6.44. The van der Waals surface area contributed by atoms with Crippen molar-refractivity contribution in [3.05, 3.63) is 94.8 Å². The molecule has 0 spiro atoms. The third-order valence-corrected chi connectivity index (χ3v) is 8.11. The van der Waals surface area contributed by atoms with Gasteiger partial charge in [-0.25, -0.2) is 0 Å². The van der Waals surface area contributed by atoms with E-state index in [4.69, 9.17) is 4.55 Å². The number of hydrogen-bond acceptors (Lipinski definition) is 4. The van der Waals surface area contributed by atoms with Crippen LogP contribution in [0.2, 0.25) is 0 Å². The highest BCUT2D eigenvalue weighted by Crippen LogP contribution is 2.39. The van der Waals surface area contributed by atoms with Gasteiger partial charge in [-0.1, -0.05) is 61.9 Å². The first kappa shape index (κ1) is 29.7. The highest BCUT2D eigenvalue weighted by molar-refractivity contribution is 7.86. The van der Waals surface area contributed by atoms with Gasteiger partial charge < -0.3 is 0 Å². The lowest BCUT2D eigenvalue weighted by molar-refractivity contribution is 0.460. The third-order valence-electron chi connectivity index (χ3n) is 6.46. The summed E-state index contributed by atoms with van der Waals surface area (Å²) >= 11 is 0. The van der Waals surface area contributed by atoms with Crippen LogP contribution >= 0.6 is 0 Å². The second kappa shape index (κ2) is 13.2. The average molecular weight is 533 g/mol. The Balaban J connectivity index is 2.28. The van der Waals surface area contributed by atoms with Crippen LogP contribution in [0, 0.1) is 6.92 Å². The largest absolute Gasteiger partial charge is 0.294 e. The van der Waals surface area contributed by atoms with E-state index in [9.17, 15) is 21.4 Å². The van der Waals surface area contributed by atoms with Gasteiger partial charge in [0.15, 0.2) is 0 Å². The van der Waals surface area contributed by atoms with E-state index in [0.717, 1.165) is 36.0 Å². The Morgan fingerprint density at radius 1 is 1.00 bits per heavy atom. The zero-order valence-corrected chi connectivity index (χ0v) is 22.8. The Labute approximate surface area is 216 Å². The highest BCUT2D eigenvalue weighted by Gasteiger charge is 2.31. The first-order valence-corrected chi connectivity index (χ1v) is 15.0. The van der Waals surface area contributed by atoms with Crippen molar-refractivity contribution in [3.8, 4) is 0 Å². The van der Waals surface area contributed by atoms with Gasteiger partial charge in [0.2, 0.25) is 0 Å². The van der Waals surface area contributed by atoms with Crippen molar-refractivity contribution in [1.29, 1.82) is 0 Å². The van der Waals surface area contributed by atoms with E-state index in [2.05, 4.69) is 17.9 Å². The standard InChI is InChI=1S/C28H36O6S2/c1-23-18-19-26(36(32,33)34)22-27(23)28(3,20-12-13-21-35(29,30)31)24(2)14-8-7-11-17-25-15-9-5-4-6-10-16-25/h4-6,8-10,15-16,18-19,22H,7,11-13,17,20-21H2,1-3H3,(H,29,30,31)(H,32,33,34)/b5-4-,6-4?,9-5?,10-6-,15-9?,16-10?,25-15?,25-16?. The van der Waals surface area contributed by atoms with Crippen LogP contribution in [0.15, 0.2) is 88.6 Å². The van der Waals surface area contributed by atoms with Gasteiger partial charge in [0.05, 0.1) is 10.6 Å². The Morgan fingerprint density at radius 2 is 1.69 bits per heavy atom. The van der Waals surface area contributed by atoms with Crippen LogP contribution < -0.4 is 0 Å². The molecule has 0 amide bonds. The first-order chi connectivity index (χ1) is 16.8. The maximum Gasteiger partial charge on any atom is 0.294 e. The van der Waals surface area contributed by atoms with Gasteiger partial charge in [-0.3, -0.25) is 9.11 Å². The summed E-state index contributed by atoms with van der Waals surface area (Å²) in [6.45, 7) is 5.77. The molecule has 1 atom stereocenters. The number of benzene rings is 1. The van der Waals surface area contributed by atoms with Crippen LogP contribution in [-0.2, 0) is 25.7 Å². The quantitative estimate of drug-likeness (QED) is 0.182. The fourth-order valence-corrected chi connectivity index (χ4v) is 5.28. The van der Waals surface area contributed by atoms with Crippen molar-refractivity contribution in [3.63, 3.8) is 0 Å². The molecule has 36 heavy (non-hydrogen) atoms. The molecule has 0 aromatic heterocycles. The second-order valence-electron chi connectivity index (χ2n) is 9.26. The maximum absolute atomic E-state index is 11.8. The summed E-state index contributed by atoms with van der Waals surface area (Å²) in [4.78, 5) is -0.187. The summed E-state index contributed by atoms with van der Waals surface area (Å²) in [5, 5.41) is 0. The van der Waals surface area contributed by atoms with Gasteiger partial charge in [-0.15, -0.1) is 5.73 Å². The number of hydrogen-bond donors (Lipinski definition) is 2. The van der Waals surface area contributed by atoms with E-state index < -0.39 is 25.7 Å². The molecule has 196 valence electrons. The molecule has 1 aromatic rings. The Kier molecular flexibility index (Phi) is 10.9. The van der Waals surface area contributed by atoms with E-state index in [1.807, 2.05) is 57.2 Å². The van der Waals surface area contributed by atoms with E-state index >= 15 is 0 Å². The van der Waals surface area contributed by atoms with Gasteiger partial charge in [-0.05, 0) is 86.4 Å². The molecule has 6 nitrogen and oxygen atoms in total. The van der Waals surface area contributed by atoms with Crippen LogP contribution in [0.3, 0.4) is 0 Å². The van der Waals surface area contributed by atoms with Gasteiger partial charge >= 0.3 is 0 Å². The van der Waals surface area contributed by atoms with Crippen LogP contribution in [0.4, 0.5) is 0 Å². The minimum Gasteiger partial charge on any atom is -0.286 e. The fourth-order valence-electron chi connectivity index (χ4n) is 4.21. The van der Waals surface area contributed by atoms with Crippen LogP contribution in [0.1, 0.15) is 63.5 Å². The minimum atomic E-state index is -4.38. The number of aryl methyl sites for hydroxylation is 1. The molecule has 0 heterocycles. The molecule has 1 aromatic carbocycles. The average Bonchev–Trinajstić information content (AvgIpc) is 2.76. The highest BCUT2D eigenvalue weighted by atomic mass is 32.2. The van der Waals surface area contributed by atoms with E-state index in [-0.39, 0.29) is 17.1 Å². The topological polar surface area (TPSA) is 109 Å². The van der Waals surface area contributed by atoms with Gasteiger partial charge in [0.25, 0.3) is 20.2 Å². The molecular weight excluding hydrogens is 496 g/mol. The minimum absolute atomic E-state index is 0.187. The lowest BCUT2D eigenvalue weighted by Crippen LogP contribution is -2.25. The summed E-state index contributed by atoms with van der Waals surface area (Å²) in [7, 11) is -8.44. The Hall–Kier alpha value is -2.48. The maximum atomic E-state index is 11.8. The Morgan fingerprint density at radius 3 is 2.39 bits per heavy atom. The van der Waals surface area contributed by atoms with E-state index in [1.165, 1.54) is 17.7 Å². The van der Waals surface area contributed by atoms with Crippen LogP contribution in [0.25, 0.3) is 0 Å². The molecule has 0 fully saturated rings. The zero-order chi connectivity index (χ0) is 26.8. The molecule has 2 N–H and O–H groups in total. The molecule has 1 aliphatic rings. The van der Waals surface area contributed by atoms with Gasteiger partial charge in [0.1, 0.15) is 0 Å². The monoisotopic (exact) mass is 532 g/mol. The predicted molar refractivity (Wildman–Crippen MR) is 145 cm³/mol. The lowest BCUT2D eigenvalue weighted by atomic mass is 9.71. The molecule has 1 unspecified atom stereocenters. The molecule has 0 saturated carbocycles. The molecule has 1 aliphatic carbocycles. The van der Waals surface area contributed by atoms with Crippen molar-refractivity contribution < 1.29 is 25.9 Å². The molecule has 0 aliphatic heterocycles. The number of unbranched alkanes of at least 4 members (excludes halogenated alkanes) is 2. The third kappa shape index (κ3) is 9.52. The first-order valence-electron chi connectivity index (χ1n) is 12.0. The normalized spacial score (nSPS) is 17.2. The second-order valence-corrected chi connectivity index (χ2v) is 12.3. The number of rotatable bonds is 12. The van der Waals surface area contributed by atoms with Crippen molar-refractivity contribution in [2.75, 3.05) is 5.75 Å². The summed E-state index contributed by atoms with van der Waals surface area (Å²) in [5.74, 6) is -0.332. The summed E-state index contributed by atoms with van der Waals surface area (Å²) in [6.07, 6.45) is 20.1. The fraction of sp³-hybridized carbons (Fsp3) is 0.393. The molecular formula is C28H36O6S2. The summed E-state index contributed by atoms with van der Waals surface area (Å²) < 4.78 is 64.5. The zero-order valence-electron chi connectivity index (χ0n) is 21.1. The van der Waals surface area contributed by atoms with Crippen LogP contribution in [-0.4, -0.2) is 31.7 Å². The van der Waals surface area contributed by atoms with Crippen molar-refractivity contribution >= 4 is 20.2 Å². The van der Waals surface area contributed by atoms with E-state index in [0.29, 0.717) is 12.8 Å². The van der Waals surface area contributed by atoms with Crippen LogP contribution in [0.5, 0.6) is 0 Å². The SMILES string of the molecule is CC(=C=CCCCC1=C/C=C\C=C/C=C1)C(C)(CCCCS(=O)(=O)O)c1cc(S(=O)(=O)O)ccc1C. The molecule has 0 bridgehead atoms. The van der Waals surface area contributed by atoms with Gasteiger partial charge in [-0.2, -0.15) is 16.8 Å². The Bertz CT molecular complexity index is 1320. The summed E-state index contributed by atoms with van der Waals surface area (Å²) in [5.41, 5.74) is 6.42. The van der Waals surface area contributed by atoms with Crippen molar-refractivity contribution in [2.45, 2.75) is 69.6 Å².